The number of para-hydroxylation sites is 1. The van der Waals surface area contributed by atoms with Gasteiger partial charge in [0, 0.05) is 37.3 Å². The molecule has 0 bridgehead atoms. The van der Waals surface area contributed by atoms with Crippen LogP contribution in [0.4, 0.5) is 10.5 Å². The van der Waals surface area contributed by atoms with Crippen LogP contribution in [0.25, 0.3) is 0 Å². The molecule has 0 spiro atoms. The number of fused-ring (bicyclic) bond motifs is 1. The fourth-order valence-electron chi connectivity index (χ4n) is 4.02. The first kappa shape index (κ1) is 16.2. The largest absolute Gasteiger partial charge is 0.323 e. The number of amides is 2. The van der Waals surface area contributed by atoms with E-state index >= 15 is 0 Å². The molecule has 2 aliphatic heterocycles. The summed E-state index contributed by atoms with van der Waals surface area (Å²) in [6.07, 6.45) is 2.32. The molecule has 0 unspecified atom stereocenters. The van der Waals surface area contributed by atoms with Crippen molar-refractivity contribution in [2.75, 3.05) is 31.5 Å². The lowest BCUT2D eigenvalue weighted by atomic mass is 9.91. The first-order valence-corrected chi connectivity index (χ1v) is 9.18. The van der Waals surface area contributed by atoms with Crippen LogP contribution in [0.3, 0.4) is 0 Å². The van der Waals surface area contributed by atoms with Crippen molar-refractivity contribution >= 4 is 11.7 Å². The van der Waals surface area contributed by atoms with E-state index in [0.29, 0.717) is 12.0 Å². The molecule has 0 aromatic heterocycles. The number of carbonyl (C=O) groups excluding carboxylic acids is 1. The zero-order chi connectivity index (χ0) is 17.1. The molecule has 1 N–H and O–H groups in total. The lowest BCUT2D eigenvalue weighted by molar-refractivity contribution is 0.0507. The molecule has 4 nitrogen and oxygen atoms in total. The van der Waals surface area contributed by atoms with Crippen molar-refractivity contribution in [3.8, 4) is 0 Å². The molecule has 25 heavy (non-hydrogen) atoms. The van der Waals surface area contributed by atoms with Crippen molar-refractivity contribution in [1.82, 2.24) is 9.80 Å². The molecular weight excluding hydrogens is 310 g/mol. The standard InChI is InChI=1S/C21H25N3O/c25-21(22-19-11-5-2-6-12-19)24-15-18-14-23(20(18)16-24)13-7-10-17-8-3-1-4-9-17/h1-6,8-9,11-12,18,20H,7,10,13-16H2,(H,22,25)/t18-,20+/m1/s1. The van der Waals surface area contributed by atoms with Gasteiger partial charge in [-0.15, -0.1) is 0 Å². The smallest absolute Gasteiger partial charge is 0.321 e. The Morgan fingerprint density at radius 3 is 2.44 bits per heavy atom. The van der Waals surface area contributed by atoms with E-state index in [1.54, 1.807) is 0 Å². The van der Waals surface area contributed by atoms with Crippen LogP contribution in [0.5, 0.6) is 0 Å². The number of nitrogens with one attached hydrogen (secondary N) is 1. The predicted molar refractivity (Wildman–Crippen MR) is 101 cm³/mol. The lowest BCUT2D eigenvalue weighted by Gasteiger charge is -2.43. The van der Waals surface area contributed by atoms with Gasteiger partial charge in [0.05, 0.1) is 0 Å². The SMILES string of the molecule is O=C(Nc1ccccc1)N1C[C@H]2CN(CCCc3ccccc3)[C@H]2C1. The minimum Gasteiger partial charge on any atom is -0.323 e. The maximum absolute atomic E-state index is 12.4. The lowest BCUT2D eigenvalue weighted by Crippen LogP contribution is -2.55. The topological polar surface area (TPSA) is 35.6 Å². The molecule has 2 heterocycles. The summed E-state index contributed by atoms with van der Waals surface area (Å²) in [7, 11) is 0. The molecule has 2 amide bonds. The van der Waals surface area contributed by atoms with Crippen LogP contribution in [0.1, 0.15) is 12.0 Å². The molecule has 130 valence electrons. The highest BCUT2D eigenvalue weighted by Crippen LogP contribution is 2.32. The summed E-state index contributed by atoms with van der Waals surface area (Å²) in [5.41, 5.74) is 2.28. The average Bonchev–Trinajstić information content (AvgIpc) is 2.98. The van der Waals surface area contributed by atoms with Gasteiger partial charge in [0.2, 0.25) is 0 Å². The maximum atomic E-state index is 12.4. The van der Waals surface area contributed by atoms with E-state index in [1.165, 1.54) is 12.0 Å². The van der Waals surface area contributed by atoms with Gasteiger partial charge in [-0.05, 0) is 37.1 Å². The summed E-state index contributed by atoms with van der Waals surface area (Å²) in [5, 5.41) is 3.00. The molecule has 2 fully saturated rings. The number of hydrogen-bond acceptors (Lipinski definition) is 2. The van der Waals surface area contributed by atoms with E-state index in [1.807, 2.05) is 35.2 Å². The van der Waals surface area contributed by atoms with Gasteiger partial charge in [-0.3, -0.25) is 4.90 Å². The Morgan fingerprint density at radius 1 is 0.960 bits per heavy atom. The number of carbonyl (C=O) groups is 1. The Hall–Kier alpha value is -2.33. The van der Waals surface area contributed by atoms with Crippen LogP contribution in [-0.4, -0.2) is 48.1 Å². The molecule has 2 aliphatic rings. The number of nitrogens with zero attached hydrogens (tertiary/aromatic N) is 2. The Labute approximate surface area is 149 Å². The Morgan fingerprint density at radius 2 is 1.68 bits per heavy atom. The zero-order valence-corrected chi connectivity index (χ0v) is 14.5. The fourth-order valence-corrected chi connectivity index (χ4v) is 4.02. The molecule has 0 saturated carbocycles. The highest BCUT2D eigenvalue weighted by molar-refractivity contribution is 5.89. The van der Waals surface area contributed by atoms with Crippen LogP contribution in [0, 0.1) is 5.92 Å². The highest BCUT2D eigenvalue weighted by atomic mass is 16.2. The molecule has 2 aromatic carbocycles. The number of hydrogen-bond donors (Lipinski definition) is 1. The number of anilines is 1. The van der Waals surface area contributed by atoms with E-state index in [4.69, 9.17) is 0 Å². The highest BCUT2D eigenvalue weighted by Gasteiger charge is 2.46. The third-order valence-corrected chi connectivity index (χ3v) is 5.41. The summed E-state index contributed by atoms with van der Waals surface area (Å²) in [5.74, 6) is 0.651. The van der Waals surface area contributed by atoms with Crippen LogP contribution < -0.4 is 5.32 Å². The van der Waals surface area contributed by atoms with Crippen molar-refractivity contribution in [2.45, 2.75) is 18.9 Å². The first-order valence-electron chi connectivity index (χ1n) is 9.18. The van der Waals surface area contributed by atoms with Crippen LogP contribution in [-0.2, 0) is 6.42 Å². The van der Waals surface area contributed by atoms with E-state index in [0.717, 1.165) is 38.3 Å². The molecule has 0 radical (unpaired) electrons. The van der Waals surface area contributed by atoms with Gasteiger partial charge in [-0.2, -0.15) is 0 Å². The predicted octanol–water partition coefficient (Wildman–Crippen LogP) is 3.47. The van der Waals surface area contributed by atoms with Gasteiger partial charge in [0.15, 0.2) is 0 Å². The molecule has 4 rings (SSSR count). The Balaban J connectivity index is 1.23. The van der Waals surface area contributed by atoms with Crippen molar-refractivity contribution in [2.24, 2.45) is 5.92 Å². The van der Waals surface area contributed by atoms with Gasteiger partial charge in [-0.25, -0.2) is 4.79 Å². The van der Waals surface area contributed by atoms with E-state index in [9.17, 15) is 4.79 Å². The zero-order valence-electron chi connectivity index (χ0n) is 14.5. The second-order valence-electron chi connectivity index (χ2n) is 7.11. The van der Waals surface area contributed by atoms with Crippen molar-refractivity contribution in [3.63, 3.8) is 0 Å². The van der Waals surface area contributed by atoms with E-state index in [-0.39, 0.29) is 6.03 Å². The number of urea groups is 1. The third-order valence-electron chi connectivity index (χ3n) is 5.41. The molecule has 4 heteroatoms. The van der Waals surface area contributed by atoms with Crippen molar-refractivity contribution in [3.05, 3.63) is 66.2 Å². The number of benzene rings is 2. The summed E-state index contributed by atoms with van der Waals surface area (Å²) in [6, 6.07) is 21.0. The van der Waals surface area contributed by atoms with E-state index < -0.39 is 0 Å². The van der Waals surface area contributed by atoms with Crippen molar-refractivity contribution < 1.29 is 4.79 Å². The van der Waals surface area contributed by atoms with Crippen LogP contribution in [0.15, 0.2) is 60.7 Å². The number of likely N-dealkylation sites (tertiary alicyclic amines) is 2. The van der Waals surface area contributed by atoms with Gasteiger partial charge >= 0.3 is 6.03 Å². The fraction of sp³-hybridized carbons (Fsp3) is 0.381. The summed E-state index contributed by atoms with van der Waals surface area (Å²) < 4.78 is 0. The average molecular weight is 335 g/mol. The molecule has 2 atom stereocenters. The second kappa shape index (κ2) is 7.28. The Bertz CT molecular complexity index is 704. The van der Waals surface area contributed by atoms with Crippen LogP contribution in [0.2, 0.25) is 0 Å². The molecule has 0 aliphatic carbocycles. The normalized spacial score (nSPS) is 22.3. The van der Waals surface area contributed by atoms with Crippen LogP contribution >= 0.6 is 0 Å². The van der Waals surface area contributed by atoms with Gasteiger partial charge < -0.3 is 10.2 Å². The second-order valence-corrected chi connectivity index (χ2v) is 7.11. The van der Waals surface area contributed by atoms with Crippen molar-refractivity contribution in [1.29, 1.82) is 0 Å². The number of aryl methyl sites for hydroxylation is 1. The summed E-state index contributed by atoms with van der Waals surface area (Å²) in [6.45, 7) is 4.01. The molecule has 2 aromatic rings. The summed E-state index contributed by atoms with van der Waals surface area (Å²) in [4.78, 5) is 17.0. The molecular formula is C21H25N3O. The third kappa shape index (κ3) is 3.69. The van der Waals surface area contributed by atoms with Gasteiger partial charge in [-0.1, -0.05) is 48.5 Å². The van der Waals surface area contributed by atoms with E-state index in [2.05, 4.69) is 40.5 Å². The minimum absolute atomic E-state index is 0.0323. The number of rotatable bonds is 5. The maximum Gasteiger partial charge on any atom is 0.321 e. The Kier molecular flexibility index (Phi) is 4.70. The minimum atomic E-state index is 0.0323. The van der Waals surface area contributed by atoms with Gasteiger partial charge in [0.1, 0.15) is 0 Å². The first-order chi connectivity index (χ1) is 12.3. The summed E-state index contributed by atoms with van der Waals surface area (Å²) >= 11 is 0. The monoisotopic (exact) mass is 335 g/mol. The molecule has 2 saturated heterocycles. The van der Waals surface area contributed by atoms with Gasteiger partial charge in [0.25, 0.3) is 0 Å². The quantitative estimate of drug-likeness (QED) is 0.908.